The summed E-state index contributed by atoms with van der Waals surface area (Å²) in [5, 5.41) is 2.77. The Kier molecular flexibility index (Phi) is 5.83. The molecule has 3 rings (SSSR count). The van der Waals surface area contributed by atoms with Gasteiger partial charge in [0.25, 0.3) is 0 Å². The summed E-state index contributed by atoms with van der Waals surface area (Å²) in [6.45, 7) is 3.75. The lowest BCUT2D eigenvalue weighted by molar-refractivity contribution is -0.124. The van der Waals surface area contributed by atoms with Crippen molar-refractivity contribution in [2.24, 2.45) is 0 Å². The Morgan fingerprint density at radius 3 is 2.80 bits per heavy atom. The van der Waals surface area contributed by atoms with Crippen LogP contribution in [0.1, 0.15) is 18.6 Å². The molecule has 1 amide bonds. The lowest BCUT2D eigenvalue weighted by Gasteiger charge is -2.36. The van der Waals surface area contributed by atoms with E-state index in [2.05, 4.69) is 26.1 Å². The fourth-order valence-electron chi connectivity index (χ4n) is 2.88. The highest BCUT2D eigenvalue weighted by molar-refractivity contribution is 9.10. The van der Waals surface area contributed by atoms with Gasteiger partial charge >= 0.3 is 0 Å². The van der Waals surface area contributed by atoms with Crippen molar-refractivity contribution in [3.63, 3.8) is 0 Å². The molecular weight excluding hydrogens is 387 g/mol. The lowest BCUT2D eigenvalue weighted by Crippen LogP contribution is -2.48. The minimum Gasteiger partial charge on any atom is -0.371 e. The summed E-state index contributed by atoms with van der Waals surface area (Å²) in [4.78, 5) is 14.6. The van der Waals surface area contributed by atoms with Gasteiger partial charge in [-0.05, 0) is 42.8 Å². The highest BCUT2D eigenvalue weighted by atomic mass is 79.9. The van der Waals surface area contributed by atoms with Crippen molar-refractivity contribution < 1.29 is 13.9 Å². The van der Waals surface area contributed by atoms with Crippen molar-refractivity contribution >= 4 is 27.5 Å². The molecule has 25 heavy (non-hydrogen) atoms. The molecule has 0 radical (unpaired) electrons. The van der Waals surface area contributed by atoms with Crippen LogP contribution in [0.15, 0.2) is 53.0 Å². The van der Waals surface area contributed by atoms with Gasteiger partial charge in [0.15, 0.2) is 0 Å². The number of benzene rings is 2. The molecule has 1 N–H and O–H groups in total. The predicted octanol–water partition coefficient (Wildman–Crippen LogP) is 3.99. The maximum absolute atomic E-state index is 13.3. The van der Waals surface area contributed by atoms with E-state index in [1.165, 1.54) is 12.1 Å². The van der Waals surface area contributed by atoms with E-state index in [0.717, 1.165) is 10.0 Å². The number of hydrogen-bond acceptors (Lipinski definition) is 3. The van der Waals surface area contributed by atoms with Gasteiger partial charge in [-0.25, -0.2) is 4.39 Å². The van der Waals surface area contributed by atoms with E-state index in [-0.39, 0.29) is 23.9 Å². The Morgan fingerprint density at radius 1 is 1.32 bits per heavy atom. The van der Waals surface area contributed by atoms with Crippen LogP contribution in [-0.2, 0) is 9.53 Å². The number of carbonyl (C=O) groups is 1. The van der Waals surface area contributed by atoms with Gasteiger partial charge in [0.1, 0.15) is 5.82 Å². The first kappa shape index (κ1) is 18.0. The van der Waals surface area contributed by atoms with Gasteiger partial charge < -0.3 is 10.1 Å². The molecule has 0 aromatic heterocycles. The number of anilines is 1. The number of nitrogens with zero attached hydrogens (tertiary/aromatic N) is 1. The molecule has 1 fully saturated rings. The highest BCUT2D eigenvalue weighted by Gasteiger charge is 2.28. The van der Waals surface area contributed by atoms with Gasteiger partial charge in [-0.3, -0.25) is 9.69 Å². The van der Waals surface area contributed by atoms with Gasteiger partial charge in [0, 0.05) is 23.2 Å². The molecular formula is C19H20BrFN2O2. The molecule has 2 aromatic rings. The van der Waals surface area contributed by atoms with Crippen molar-refractivity contribution in [3.05, 3.63) is 64.4 Å². The highest BCUT2D eigenvalue weighted by Crippen LogP contribution is 2.25. The van der Waals surface area contributed by atoms with Crippen molar-refractivity contribution in [1.29, 1.82) is 0 Å². The number of hydrogen-bond donors (Lipinski definition) is 1. The van der Waals surface area contributed by atoms with E-state index in [4.69, 9.17) is 4.74 Å². The molecule has 2 aromatic carbocycles. The van der Waals surface area contributed by atoms with Crippen LogP contribution in [0, 0.1) is 5.82 Å². The first-order chi connectivity index (χ1) is 12.0. The summed E-state index contributed by atoms with van der Waals surface area (Å²) in [6.07, 6.45) is -0.0636. The molecule has 6 heteroatoms. The van der Waals surface area contributed by atoms with E-state index < -0.39 is 0 Å². The van der Waals surface area contributed by atoms with Crippen LogP contribution in [0.4, 0.5) is 10.1 Å². The Balaban J connectivity index is 1.63. The third-order valence-electron chi connectivity index (χ3n) is 4.36. The maximum Gasteiger partial charge on any atom is 0.241 e. The molecule has 2 unspecified atom stereocenters. The normalized spacial score (nSPS) is 19.4. The number of carbonyl (C=O) groups excluding carboxylic acids is 1. The Labute approximate surface area is 155 Å². The van der Waals surface area contributed by atoms with E-state index in [1.54, 1.807) is 12.1 Å². The average Bonchev–Trinajstić information content (AvgIpc) is 2.62. The fourth-order valence-corrected chi connectivity index (χ4v) is 3.14. The van der Waals surface area contributed by atoms with E-state index in [0.29, 0.717) is 25.4 Å². The predicted molar refractivity (Wildman–Crippen MR) is 98.9 cm³/mol. The molecule has 2 atom stereocenters. The number of ether oxygens (including phenoxy) is 1. The van der Waals surface area contributed by atoms with Crippen molar-refractivity contribution in [3.8, 4) is 0 Å². The third-order valence-corrected chi connectivity index (χ3v) is 4.89. The van der Waals surface area contributed by atoms with Crippen LogP contribution in [0.25, 0.3) is 0 Å². The van der Waals surface area contributed by atoms with E-state index >= 15 is 0 Å². The van der Waals surface area contributed by atoms with Gasteiger partial charge in [-0.2, -0.15) is 0 Å². The first-order valence-electron chi connectivity index (χ1n) is 8.20. The molecule has 0 saturated carbocycles. The van der Waals surface area contributed by atoms with Gasteiger partial charge in [0.2, 0.25) is 5.91 Å². The van der Waals surface area contributed by atoms with Gasteiger partial charge in [-0.15, -0.1) is 0 Å². The second kappa shape index (κ2) is 8.08. The standard InChI is InChI=1S/C19H20BrFN2O2/c1-13(19(24)22-17-4-2-3-16(21)11-17)23-9-10-25-18(12-23)14-5-7-15(20)8-6-14/h2-8,11,13,18H,9-10,12H2,1H3,(H,22,24). The van der Waals surface area contributed by atoms with E-state index in [9.17, 15) is 9.18 Å². The lowest BCUT2D eigenvalue weighted by atomic mass is 10.1. The molecule has 1 heterocycles. The second-order valence-electron chi connectivity index (χ2n) is 6.08. The number of nitrogens with one attached hydrogen (secondary N) is 1. The Bertz CT molecular complexity index is 738. The second-order valence-corrected chi connectivity index (χ2v) is 7.00. The van der Waals surface area contributed by atoms with Gasteiger partial charge in [0.05, 0.1) is 18.8 Å². The molecule has 4 nitrogen and oxygen atoms in total. The number of amides is 1. The molecule has 1 aliphatic rings. The van der Waals surface area contributed by atoms with Crippen LogP contribution in [0.5, 0.6) is 0 Å². The van der Waals surface area contributed by atoms with Crippen LogP contribution < -0.4 is 5.32 Å². The van der Waals surface area contributed by atoms with Gasteiger partial charge in [-0.1, -0.05) is 34.1 Å². The van der Waals surface area contributed by atoms with Crippen molar-refractivity contribution in [2.45, 2.75) is 19.1 Å². The fraction of sp³-hybridized carbons (Fsp3) is 0.316. The average molecular weight is 407 g/mol. The third kappa shape index (κ3) is 4.66. The molecule has 0 spiro atoms. The zero-order chi connectivity index (χ0) is 17.8. The molecule has 0 bridgehead atoms. The molecule has 132 valence electrons. The van der Waals surface area contributed by atoms with Crippen molar-refractivity contribution in [2.75, 3.05) is 25.0 Å². The first-order valence-corrected chi connectivity index (χ1v) is 9.00. The summed E-state index contributed by atoms with van der Waals surface area (Å²) in [7, 11) is 0. The van der Waals surface area contributed by atoms with Crippen LogP contribution in [-0.4, -0.2) is 36.5 Å². The molecule has 1 aliphatic heterocycles. The molecule has 1 saturated heterocycles. The Morgan fingerprint density at radius 2 is 2.08 bits per heavy atom. The smallest absolute Gasteiger partial charge is 0.241 e. The quantitative estimate of drug-likeness (QED) is 0.834. The number of morpholine rings is 1. The summed E-state index contributed by atoms with van der Waals surface area (Å²) >= 11 is 3.43. The zero-order valence-corrected chi connectivity index (χ0v) is 15.5. The Hall–Kier alpha value is -1.76. The minimum absolute atomic E-state index is 0.0636. The maximum atomic E-state index is 13.3. The summed E-state index contributed by atoms with van der Waals surface area (Å²) in [5.41, 5.74) is 1.56. The summed E-state index contributed by atoms with van der Waals surface area (Å²) in [6, 6.07) is 13.6. The summed E-state index contributed by atoms with van der Waals surface area (Å²) < 4.78 is 20.1. The number of rotatable bonds is 4. The number of halogens is 2. The minimum atomic E-state index is -0.368. The monoisotopic (exact) mass is 406 g/mol. The van der Waals surface area contributed by atoms with E-state index in [1.807, 2.05) is 31.2 Å². The van der Waals surface area contributed by atoms with Crippen molar-refractivity contribution in [1.82, 2.24) is 4.90 Å². The zero-order valence-electron chi connectivity index (χ0n) is 13.9. The van der Waals surface area contributed by atoms with Crippen LogP contribution in [0.2, 0.25) is 0 Å². The summed E-state index contributed by atoms with van der Waals surface area (Å²) in [5.74, 6) is -0.519. The SMILES string of the molecule is CC(C(=O)Nc1cccc(F)c1)N1CCOC(c2ccc(Br)cc2)C1. The largest absolute Gasteiger partial charge is 0.371 e. The van der Waals surface area contributed by atoms with Crippen LogP contribution >= 0.6 is 15.9 Å². The molecule has 0 aliphatic carbocycles. The van der Waals surface area contributed by atoms with Crippen LogP contribution in [0.3, 0.4) is 0 Å². The topological polar surface area (TPSA) is 41.6 Å².